The van der Waals surface area contributed by atoms with Gasteiger partial charge in [0.05, 0.1) is 11.7 Å². The first kappa shape index (κ1) is 14.4. The Kier molecular flexibility index (Phi) is 3.95. The van der Waals surface area contributed by atoms with Crippen LogP contribution in [0.25, 0.3) is 0 Å². The van der Waals surface area contributed by atoms with Gasteiger partial charge in [0, 0.05) is 0 Å². The Bertz CT molecular complexity index is 484. The highest BCUT2D eigenvalue weighted by molar-refractivity contribution is 7.13. The normalized spacial score (nSPS) is 13.2. The molecule has 0 aromatic carbocycles. The van der Waals surface area contributed by atoms with Gasteiger partial charge in [-0.1, -0.05) is 0 Å². The summed E-state index contributed by atoms with van der Waals surface area (Å²) < 4.78 is 36.0. The quantitative estimate of drug-likeness (QED) is 0.887. The predicted octanol–water partition coefficient (Wildman–Crippen LogP) is 1.89. The number of aromatic carboxylic acids is 1. The number of rotatable bonds is 3. The lowest BCUT2D eigenvalue weighted by atomic mass is 10.3. The van der Waals surface area contributed by atoms with Crippen molar-refractivity contribution in [3.63, 3.8) is 0 Å². The highest BCUT2D eigenvalue weighted by atomic mass is 32.1. The summed E-state index contributed by atoms with van der Waals surface area (Å²) >= 11 is 0.736. The molecular weight excluding hydrogens is 273 g/mol. The zero-order valence-corrected chi connectivity index (χ0v) is 10.1. The van der Waals surface area contributed by atoms with Gasteiger partial charge in [-0.3, -0.25) is 4.79 Å². The number of amides is 1. The summed E-state index contributed by atoms with van der Waals surface area (Å²) in [4.78, 5) is 25.2. The molecule has 0 aliphatic rings. The maximum atomic E-state index is 12.0. The second kappa shape index (κ2) is 4.92. The van der Waals surface area contributed by atoms with E-state index >= 15 is 0 Å². The van der Waals surface area contributed by atoms with Crippen molar-refractivity contribution in [1.82, 2.24) is 10.3 Å². The Hall–Kier alpha value is -1.64. The van der Waals surface area contributed by atoms with E-state index < -0.39 is 24.1 Å². The van der Waals surface area contributed by atoms with Gasteiger partial charge in [-0.15, -0.1) is 11.3 Å². The van der Waals surface area contributed by atoms with Gasteiger partial charge < -0.3 is 10.4 Å². The molecule has 1 rings (SSSR count). The number of aryl methyl sites for hydroxylation is 1. The van der Waals surface area contributed by atoms with Crippen LogP contribution < -0.4 is 5.32 Å². The van der Waals surface area contributed by atoms with E-state index in [1.165, 1.54) is 13.8 Å². The van der Waals surface area contributed by atoms with Crippen LogP contribution in [-0.4, -0.2) is 28.1 Å². The number of hydrogen-bond acceptors (Lipinski definition) is 4. The number of carboxylic acids is 1. The molecule has 1 amide bonds. The maximum absolute atomic E-state index is 12.0. The lowest BCUT2D eigenvalue weighted by molar-refractivity contribution is -0.174. The number of halogens is 3. The lowest BCUT2D eigenvalue weighted by Gasteiger charge is -2.12. The van der Waals surface area contributed by atoms with Crippen LogP contribution in [0.3, 0.4) is 0 Å². The first-order chi connectivity index (χ1) is 8.12. The molecule has 100 valence electrons. The molecule has 0 aliphatic carbocycles. The Morgan fingerprint density at radius 2 is 2.00 bits per heavy atom. The number of thiazole rings is 1. The number of aromatic nitrogens is 1. The van der Waals surface area contributed by atoms with Crippen molar-refractivity contribution in [2.24, 2.45) is 0 Å². The van der Waals surface area contributed by atoms with E-state index in [1.807, 2.05) is 0 Å². The van der Waals surface area contributed by atoms with Gasteiger partial charge in [0.1, 0.15) is 9.88 Å². The minimum Gasteiger partial charge on any atom is -0.477 e. The minimum absolute atomic E-state index is 0.0573. The molecule has 18 heavy (non-hydrogen) atoms. The molecular formula is C9H9F3N2O3S. The van der Waals surface area contributed by atoms with Gasteiger partial charge in [-0.05, 0) is 13.8 Å². The summed E-state index contributed by atoms with van der Waals surface area (Å²) in [5.41, 5.74) is 0.204. The van der Waals surface area contributed by atoms with Gasteiger partial charge in [-0.2, -0.15) is 13.2 Å². The van der Waals surface area contributed by atoms with E-state index in [0.717, 1.165) is 11.3 Å². The van der Waals surface area contributed by atoms with Crippen LogP contribution >= 0.6 is 11.3 Å². The predicted molar refractivity (Wildman–Crippen MR) is 56.4 cm³/mol. The molecule has 1 heterocycles. The topological polar surface area (TPSA) is 79.3 Å². The molecule has 0 saturated carbocycles. The summed E-state index contributed by atoms with van der Waals surface area (Å²) in [6.45, 7) is 2.73. The SMILES string of the molecule is Cc1nc(C(C)NC(=O)C(F)(F)F)sc1C(=O)O. The average Bonchev–Trinajstić information content (AvgIpc) is 2.58. The number of nitrogens with one attached hydrogen (secondary N) is 1. The zero-order chi connectivity index (χ0) is 14.1. The molecule has 0 bridgehead atoms. The van der Waals surface area contributed by atoms with Crippen molar-refractivity contribution in [3.8, 4) is 0 Å². The molecule has 2 N–H and O–H groups in total. The van der Waals surface area contributed by atoms with E-state index in [2.05, 4.69) is 4.98 Å². The van der Waals surface area contributed by atoms with E-state index in [0.29, 0.717) is 0 Å². The van der Waals surface area contributed by atoms with Gasteiger partial charge in [0.2, 0.25) is 0 Å². The molecule has 5 nitrogen and oxygen atoms in total. The summed E-state index contributed by atoms with van der Waals surface area (Å²) in [6.07, 6.45) is -4.98. The first-order valence-corrected chi connectivity index (χ1v) is 5.53. The fourth-order valence-electron chi connectivity index (χ4n) is 1.14. The van der Waals surface area contributed by atoms with E-state index in [4.69, 9.17) is 5.11 Å². The minimum atomic E-state index is -4.98. The molecule has 9 heteroatoms. The summed E-state index contributed by atoms with van der Waals surface area (Å²) in [6, 6.07) is -1.00. The van der Waals surface area contributed by atoms with Crippen LogP contribution in [0.1, 0.15) is 33.3 Å². The third kappa shape index (κ3) is 3.19. The fraction of sp³-hybridized carbons (Fsp3) is 0.444. The van der Waals surface area contributed by atoms with Gasteiger partial charge in [0.15, 0.2) is 0 Å². The van der Waals surface area contributed by atoms with Gasteiger partial charge >= 0.3 is 18.1 Å². The Morgan fingerprint density at radius 1 is 1.44 bits per heavy atom. The third-order valence-corrected chi connectivity index (χ3v) is 3.31. The van der Waals surface area contributed by atoms with Crippen molar-refractivity contribution in [1.29, 1.82) is 0 Å². The second-order valence-corrected chi connectivity index (χ2v) is 4.50. The van der Waals surface area contributed by atoms with E-state index in [1.54, 1.807) is 5.32 Å². The highest BCUT2D eigenvalue weighted by Crippen LogP contribution is 2.24. The first-order valence-electron chi connectivity index (χ1n) is 4.71. The number of nitrogens with zero attached hydrogens (tertiary/aromatic N) is 1. The molecule has 0 aliphatic heterocycles. The molecule has 1 unspecified atom stereocenters. The number of alkyl halides is 3. The molecule has 1 atom stereocenters. The largest absolute Gasteiger partial charge is 0.477 e. The summed E-state index contributed by atoms with van der Waals surface area (Å²) in [7, 11) is 0. The van der Waals surface area contributed by atoms with Crippen LogP contribution in [-0.2, 0) is 4.79 Å². The van der Waals surface area contributed by atoms with Crippen LogP contribution in [0.2, 0.25) is 0 Å². The number of carboxylic acid groups (broad SMARTS) is 1. The standard InChI is InChI=1S/C9H9F3N2O3S/c1-3-5(7(15)16)18-6(13-3)4(2)14-8(17)9(10,11)12/h4H,1-2H3,(H,14,17)(H,15,16). The Labute approximate surface area is 104 Å². The number of carbonyl (C=O) groups is 2. The van der Waals surface area contributed by atoms with Gasteiger partial charge in [0.25, 0.3) is 0 Å². The zero-order valence-electron chi connectivity index (χ0n) is 9.33. The van der Waals surface area contributed by atoms with Crippen molar-refractivity contribution in [2.45, 2.75) is 26.1 Å². The molecule has 1 aromatic rings. The summed E-state index contributed by atoms with van der Waals surface area (Å²) in [5.74, 6) is -3.29. The number of hydrogen-bond donors (Lipinski definition) is 2. The highest BCUT2D eigenvalue weighted by Gasteiger charge is 2.39. The lowest BCUT2D eigenvalue weighted by Crippen LogP contribution is -2.38. The summed E-state index contributed by atoms with van der Waals surface area (Å²) in [5, 5.41) is 10.6. The third-order valence-electron chi connectivity index (χ3n) is 1.98. The van der Waals surface area contributed by atoms with Gasteiger partial charge in [-0.25, -0.2) is 9.78 Å². The van der Waals surface area contributed by atoms with Crippen LogP contribution in [0, 0.1) is 6.92 Å². The van der Waals surface area contributed by atoms with Crippen molar-refractivity contribution in [2.75, 3.05) is 0 Å². The van der Waals surface area contributed by atoms with Crippen molar-refractivity contribution >= 4 is 23.2 Å². The monoisotopic (exact) mass is 282 g/mol. The van der Waals surface area contributed by atoms with Crippen molar-refractivity contribution < 1.29 is 27.9 Å². The average molecular weight is 282 g/mol. The Morgan fingerprint density at radius 3 is 2.39 bits per heavy atom. The molecule has 1 aromatic heterocycles. The van der Waals surface area contributed by atoms with Crippen LogP contribution in [0.15, 0.2) is 0 Å². The van der Waals surface area contributed by atoms with Crippen LogP contribution in [0.4, 0.5) is 13.2 Å². The second-order valence-electron chi connectivity index (χ2n) is 3.46. The van der Waals surface area contributed by atoms with E-state index in [9.17, 15) is 22.8 Å². The fourth-order valence-corrected chi connectivity index (χ4v) is 2.05. The van der Waals surface area contributed by atoms with E-state index in [-0.39, 0.29) is 15.6 Å². The maximum Gasteiger partial charge on any atom is 0.471 e. The molecule has 0 saturated heterocycles. The molecule has 0 fully saturated rings. The smallest absolute Gasteiger partial charge is 0.471 e. The molecule has 0 spiro atoms. The van der Waals surface area contributed by atoms with Crippen LogP contribution in [0.5, 0.6) is 0 Å². The Balaban J connectivity index is 2.86. The number of carbonyl (C=O) groups excluding carboxylic acids is 1. The van der Waals surface area contributed by atoms with Crippen molar-refractivity contribution in [3.05, 3.63) is 15.6 Å². The molecule has 0 radical (unpaired) electrons.